The molecule has 2 atom stereocenters. The van der Waals surface area contributed by atoms with Crippen LogP contribution in [-0.2, 0) is 23.4 Å². The van der Waals surface area contributed by atoms with Crippen molar-refractivity contribution in [2.75, 3.05) is 18.6 Å². The molecule has 13 heteroatoms. The van der Waals surface area contributed by atoms with Crippen LogP contribution in [0.3, 0.4) is 0 Å². The summed E-state index contributed by atoms with van der Waals surface area (Å²) in [7, 11) is -3.48. The number of esters is 1. The van der Waals surface area contributed by atoms with E-state index in [9.17, 15) is 19.5 Å². The topological polar surface area (TPSA) is 121 Å². The van der Waals surface area contributed by atoms with E-state index in [0.717, 1.165) is 7.11 Å². The van der Waals surface area contributed by atoms with Gasteiger partial charge in [0.05, 0.1) is 27.5 Å². The largest absolute Gasteiger partial charge is 0.506 e. The lowest BCUT2D eigenvalue weighted by Crippen LogP contribution is -2.44. The summed E-state index contributed by atoms with van der Waals surface area (Å²) in [5.41, 5.74) is -3.75. The molecule has 0 aromatic heterocycles. The highest BCUT2D eigenvalue weighted by Crippen LogP contribution is 2.46. The van der Waals surface area contributed by atoms with Gasteiger partial charge in [0.25, 0.3) is 0 Å². The minimum atomic E-state index is -2.30. The van der Waals surface area contributed by atoms with Gasteiger partial charge in [0, 0.05) is 11.1 Å². The van der Waals surface area contributed by atoms with Crippen LogP contribution in [0.1, 0.15) is 78.2 Å². The van der Waals surface area contributed by atoms with Crippen molar-refractivity contribution in [3.05, 3.63) is 29.0 Å². The summed E-state index contributed by atoms with van der Waals surface area (Å²) in [6.45, 7) is 25.9. The molecule has 2 unspecified atom stereocenters. The first-order valence-corrected chi connectivity index (χ1v) is 21.5. The Kier molecular flexibility index (Phi) is 11.1. The Morgan fingerprint density at radius 1 is 0.911 bits per heavy atom. The molecule has 254 valence electrons. The van der Waals surface area contributed by atoms with Gasteiger partial charge in [-0.05, 0) is 71.8 Å². The highest BCUT2D eigenvalue weighted by Gasteiger charge is 2.48. The molecular weight excluding hydrogens is 618 g/mol. The van der Waals surface area contributed by atoms with Crippen molar-refractivity contribution in [2.24, 2.45) is 0 Å². The molecule has 10 nitrogen and oxygen atoms in total. The molecule has 1 aromatic carbocycles. The number of benzene rings is 1. The van der Waals surface area contributed by atoms with Crippen molar-refractivity contribution in [3.63, 3.8) is 0 Å². The van der Waals surface area contributed by atoms with Crippen molar-refractivity contribution >= 4 is 45.8 Å². The second-order valence-corrected chi connectivity index (χ2v) is 25.9. The molecule has 0 fully saturated rings. The van der Waals surface area contributed by atoms with Crippen molar-refractivity contribution < 1.29 is 47.3 Å². The van der Waals surface area contributed by atoms with Crippen LogP contribution in [0.5, 0.6) is 5.75 Å². The number of halogens is 1. The number of amides is 2. The number of hydrogen-bond donors (Lipinski definition) is 1. The fourth-order valence-corrected chi connectivity index (χ4v) is 6.71. The minimum absolute atomic E-state index is 0.0378. The zero-order valence-corrected chi connectivity index (χ0v) is 31.6. The highest BCUT2D eigenvalue weighted by molar-refractivity contribution is 6.77. The van der Waals surface area contributed by atoms with Crippen LogP contribution in [-0.4, -0.2) is 76.5 Å². The average molecular weight is 670 g/mol. The zero-order valence-electron chi connectivity index (χ0n) is 29.6. The molecule has 0 bridgehead atoms. The number of nitrogens with zero attached hydrogens (tertiary/aromatic N) is 1. The van der Waals surface area contributed by atoms with Gasteiger partial charge in [-0.15, -0.1) is 0 Å². The summed E-state index contributed by atoms with van der Waals surface area (Å²) in [5.74, 6) is -1.55. The van der Waals surface area contributed by atoms with Crippen molar-refractivity contribution in [1.29, 1.82) is 0 Å². The van der Waals surface area contributed by atoms with Gasteiger partial charge in [0.15, 0.2) is 14.5 Å². The molecule has 1 aromatic rings. The second-order valence-electron chi connectivity index (χ2n) is 15.8. The maximum absolute atomic E-state index is 16.4. The molecule has 1 N–H and O–H groups in total. The van der Waals surface area contributed by atoms with E-state index >= 15 is 4.39 Å². The van der Waals surface area contributed by atoms with Gasteiger partial charge in [0.2, 0.25) is 0 Å². The molecule has 0 radical (unpaired) electrons. The number of hydrogen-bond acceptors (Lipinski definition) is 9. The molecule has 45 heavy (non-hydrogen) atoms. The van der Waals surface area contributed by atoms with Gasteiger partial charge in [-0.3, -0.25) is 0 Å². The molecule has 2 amide bonds. The molecule has 0 aliphatic carbocycles. The Hall–Kier alpha value is -2.91. The maximum atomic E-state index is 16.4. The van der Waals surface area contributed by atoms with Crippen LogP contribution in [0.25, 0.3) is 5.57 Å². The van der Waals surface area contributed by atoms with E-state index in [2.05, 4.69) is 33.9 Å². The maximum Gasteiger partial charge on any atom is 0.424 e. The van der Waals surface area contributed by atoms with Crippen LogP contribution >= 0.6 is 0 Å². The quantitative estimate of drug-likeness (QED) is 0.174. The average Bonchev–Trinajstić information content (AvgIpc) is 3.16. The molecular formula is C32H52FNO9Si2. The summed E-state index contributed by atoms with van der Waals surface area (Å²) in [4.78, 5) is 40.5. The lowest BCUT2D eigenvalue weighted by atomic mass is 9.96. The van der Waals surface area contributed by atoms with E-state index in [4.69, 9.17) is 23.4 Å². The number of anilines is 1. The summed E-state index contributed by atoms with van der Waals surface area (Å²) in [5, 5.41) is 11.6. The van der Waals surface area contributed by atoms with Crippen molar-refractivity contribution in [3.8, 4) is 5.75 Å². The van der Waals surface area contributed by atoms with Gasteiger partial charge >= 0.3 is 18.2 Å². The molecule has 1 aliphatic heterocycles. The van der Waals surface area contributed by atoms with E-state index in [0.29, 0.717) is 4.90 Å². The Morgan fingerprint density at radius 3 is 1.80 bits per heavy atom. The Balaban J connectivity index is 2.87. The number of rotatable bonds is 7. The van der Waals surface area contributed by atoms with Gasteiger partial charge in [-0.25, -0.2) is 18.8 Å². The third-order valence-electron chi connectivity index (χ3n) is 7.56. The summed E-state index contributed by atoms with van der Waals surface area (Å²) in [6.07, 6.45) is -3.95. The predicted molar refractivity (Wildman–Crippen MR) is 178 cm³/mol. The van der Waals surface area contributed by atoms with Gasteiger partial charge < -0.3 is 28.5 Å². The first kappa shape index (κ1) is 38.3. The Morgan fingerprint density at radius 2 is 1.40 bits per heavy atom. The van der Waals surface area contributed by atoms with E-state index in [1.165, 1.54) is 12.1 Å². The van der Waals surface area contributed by atoms with Crippen LogP contribution < -0.4 is 4.90 Å². The van der Waals surface area contributed by atoms with Gasteiger partial charge in [0.1, 0.15) is 34.0 Å². The first-order chi connectivity index (χ1) is 20.1. The molecule has 0 spiro atoms. The van der Waals surface area contributed by atoms with Crippen LogP contribution in [0, 0.1) is 0 Å². The van der Waals surface area contributed by atoms with Gasteiger partial charge in [-0.2, -0.15) is 4.90 Å². The van der Waals surface area contributed by atoms with Crippen molar-refractivity contribution in [1.82, 2.24) is 0 Å². The number of ether oxygens (including phenoxy) is 4. The number of alkyl halides is 1. The third kappa shape index (κ3) is 9.10. The summed E-state index contributed by atoms with van der Waals surface area (Å²) < 4.78 is 45.0. The molecule has 0 saturated heterocycles. The number of methoxy groups -OCH3 is 1. The van der Waals surface area contributed by atoms with E-state index in [-0.39, 0.29) is 34.2 Å². The number of carbonyl (C=O) groups excluding carboxylic acids is 3. The van der Waals surface area contributed by atoms with Crippen LogP contribution in [0.4, 0.5) is 19.7 Å². The number of imide groups is 1. The Bertz CT molecular complexity index is 1300. The van der Waals surface area contributed by atoms with E-state index in [1.54, 1.807) is 41.5 Å². The number of aromatic hydroxyl groups is 1. The SMILES string of the molecule is COC(=O)c1c(N(C(=O)OC(C)(C)C)C(=O)OC(C)(C)C)ccc(C2=C(CO[Si](C)(C)C(C)(C)C)OC([Si](C)(C)C)C2F)c1O. The number of carbonyl (C=O) groups is 3. The third-order valence-corrected chi connectivity index (χ3v) is 14.2. The molecule has 2 rings (SSSR count). The highest BCUT2D eigenvalue weighted by atomic mass is 28.4. The first-order valence-electron chi connectivity index (χ1n) is 15.0. The summed E-state index contributed by atoms with van der Waals surface area (Å²) >= 11 is 0. The normalized spacial score (nSPS) is 18.0. The van der Waals surface area contributed by atoms with Gasteiger partial charge in [-0.1, -0.05) is 40.4 Å². The smallest absolute Gasteiger partial charge is 0.424 e. The minimum Gasteiger partial charge on any atom is -0.506 e. The molecule has 1 heterocycles. The molecule has 0 saturated carbocycles. The number of phenols is 1. The predicted octanol–water partition coefficient (Wildman–Crippen LogP) is 8.20. The fraction of sp³-hybridized carbons (Fsp3) is 0.656. The Labute approximate surface area is 269 Å². The second kappa shape index (κ2) is 13.1. The van der Waals surface area contributed by atoms with E-state index < -0.39 is 69.0 Å². The standard InChI is InChI=1S/C32H52FNO9Si2/c1-30(2,3)42-28(37)34(29(38)43-31(4,5)6)20-17-16-19(25(35)23(20)26(36)39-10)22-21(18-40-45(14,15)32(7,8)9)41-27(24(22)33)44(11,12)13/h16-17,24,27,35H,18H2,1-15H3. The van der Waals surface area contributed by atoms with Crippen molar-refractivity contribution in [2.45, 2.75) is 123 Å². The molecule has 1 aliphatic rings. The van der Waals surface area contributed by atoms with Crippen LogP contribution in [0.15, 0.2) is 17.9 Å². The summed E-state index contributed by atoms with van der Waals surface area (Å²) in [6, 6.07) is 2.59. The number of phenolic OH excluding ortho intramolecular Hbond substituents is 1. The zero-order chi connectivity index (χ0) is 35.1. The van der Waals surface area contributed by atoms with Crippen LogP contribution in [0.2, 0.25) is 37.8 Å². The lowest BCUT2D eigenvalue weighted by molar-refractivity contribution is 0.0430. The van der Waals surface area contributed by atoms with E-state index in [1.807, 2.05) is 19.6 Å². The fourth-order valence-electron chi connectivity index (χ4n) is 4.24. The monoisotopic (exact) mass is 669 g/mol. The lowest BCUT2D eigenvalue weighted by Gasteiger charge is -2.36.